The molecule has 4 aromatic rings. The fourth-order valence-electron chi connectivity index (χ4n) is 2.80. The number of hydrogen-bond acceptors (Lipinski definition) is 5. The van der Waals surface area contributed by atoms with E-state index in [1.54, 1.807) is 52.6 Å². The molecule has 1 amide bonds. The number of fused-ring (bicyclic) bond motifs is 1. The van der Waals surface area contributed by atoms with Crippen LogP contribution in [0.25, 0.3) is 11.2 Å². The molecule has 4 rings (SSSR count). The summed E-state index contributed by atoms with van der Waals surface area (Å²) in [6.07, 6.45) is 3.20. The molecule has 0 radical (unpaired) electrons. The van der Waals surface area contributed by atoms with E-state index in [1.165, 1.54) is 4.57 Å². The maximum absolute atomic E-state index is 12.9. The van der Waals surface area contributed by atoms with Crippen LogP contribution in [0.3, 0.4) is 0 Å². The van der Waals surface area contributed by atoms with E-state index < -0.39 is 0 Å². The predicted molar refractivity (Wildman–Crippen MR) is 98.0 cm³/mol. The number of thiophene rings is 1. The summed E-state index contributed by atoms with van der Waals surface area (Å²) in [6.45, 7) is 0.650. The van der Waals surface area contributed by atoms with E-state index >= 15 is 0 Å². The van der Waals surface area contributed by atoms with Crippen molar-refractivity contribution in [3.05, 3.63) is 75.4 Å². The van der Waals surface area contributed by atoms with Gasteiger partial charge in [-0.1, -0.05) is 6.07 Å². The van der Waals surface area contributed by atoms with Gasteiger partial charge in [0.1, 0.15) is 12.3 Å². The Balaban J connectivity index is 1.61. The minimum absolute atomic E-state index is 0.0703. The fourth-order valence-corrected chi connectivity index (χ4v) is 3.49. The molecule has 0 saturated heterocycles. The largest absolute Gasteiger partial charge is 0.467 e. The highest BCUT2D eigenvalue weighted by Crippen LogP contribution is 2.15. The molecule has 1 N–H and O–H groups in total. The number of amides is 1. The zero-order chi connectivity index (χ0) is 17.9. The van der Waals surface area contributed by atoms with Crippen molar-refractivity contribution in [1.29, 1.82) is 0 Å². The van der Waals surface area contributed by atoms with E-state index in [9.17, 15) is 9.59 Å². The summed E-state index contributed by atoms with van der Waals surface area (Å²) < 4.78 is 8.24. The van der Waals surface area contributed by atoms with E-state index in [2.05, 4.69) is 10.3 Å². The number of furan rings is 1. The first kappa shape index (κ1) is 16.3. The van der Waals surface area contributed by atoms with Crippen molar-refractivity contribution < 1.29 is 9.21 Å². The summed E-state index contributed by atoms with van der Waals surface area (Å²) in [4.78, 5) is 30.6. The highest BCUT2D eigenvalue weighted by Gasteiger charge is 2.17. The lowest BCUT2D eigenvalue weighted by molar-refractivity contribution is -0.121. The third-order valence-electron chi connectivity index (χ3n) is 4.01. The molecular formula is C18H16N4O3S. The smallest absolute Gasteiger partial charge is 0.331 e. The monoisotopic (exact) mass is 368 g/mol. The summed E-state index contributed by atoms with van der Waals surface area (Å²) in [5, 5.41) is 4.73. The van der Waals surface area contributed by atoms with Crippen LogP contribution in [-0.4, -0.2) is 20.0 Å². The number of hydrogen-bond donors (Lipinski definition) is 1. The Bertz CT molecular complexity index is 1080. The molecule has 0 saturated carbocycles. The fraction of sp³-hybridized carbons (Fsp3) is 0.167. The van der Waals surface area contributed by atoms with Crippen molar-refractivity contribution in [2.45, 2.75) is 19.6 Å². The van der Waals surface area contributed by atoms with Gasteiger partial charge in [-0.2, -0.15) is 0 Å². The molecule has 0 aliphatic rings. The van der Waals surface area contributed by atoms with Crippen molar-refractivity contribution in [1.82, 2.24) is 19.4 Å². The second kappa shape index (κ2) is 7.01. The van der Waals surface area contributed by atoms with Crippen molar-refractivity contribution >= 4 is 28.4 Å². The second-order valence-corrected chi connectivity index (χ2v) is 6.77. The quantitative estimate of drug-likeness (QED) is 0.566. The molecule has 26 heavy (non-hydrogen) atoms. The Morgan fingerprint density at radius 3 is 2.88 bits per heavy atom. The number of imidazole rings is 1. The van der Waals surface area contributed by atoms with Crippen LogP contribution in [0.4, 0.5) is 0 Å². The molecule has 8 heteroatoms. The first-order valence-corrected chi connectivity index (χ1v) is 8.96. The van der Waals surface area contributed by atoms with Gasteiger partial charge in [0.15, 0.2) is 5.65 Å². The van der Waals surface area contributed by atoms with Crippen LogP contribution in [0.15, 0.2) is 63.4 Å². The standard InChI is InChI=1S/C18H16N4O3S/c23-16(20-10-13-4-2-8-25-13)12-21-15-6-1-7-19-17(15)22(18(21)24)11-14-5-3-9-26-14/h1-9H,10-12H2,(H,20,23). The maximum atomic E-state index is 12.9. The molecule has 132 valence electrons. The Morgan fingerprint density at radius 1 is 1.19 bits per heavy atom. The van der Waals surface area contributed by atoms with Gasteiger partial charge in [0.2, 0.25) is 5.91 Å². The average molecular weight is 368 g/mol. The van der Waals surface area contributed by atoms with Crippen molar-refractivity contribution in [3.63, 3.8) is 0 Å². The molecule has 0 aliphatic heterocycles. The lowest BCUT2D eigenvalue weighted by atomic mass is 10.4. The highest BCUT2D eigenvalue weighted by atomic mass is 32.1. The molecule has 0 unspecified atom stereocenters. The summed E-state index contributed by atoms with van der Waals surface area (Å²) >= 11 is 1.58. The van der Waals surface area contributed by atoms with Crippen molar-refractivity contribution in [3.8, 4) is 0 Å². The molecule has 0 atom stereocenters. The Hall–Kier alpha value is -3.13. The van der Waals surface area contributed by atoms with Gasteiger partial charge in [0.25, 0.3) is 0 Å². The maximum Gasteiger partial charge on any atom is 0.331 e. The molecule has 0 aliphatic carbocycles. The van der Waals surface area contributed by atoms with Crippen LogP contribution in [0.1, 0.15) is 10.6 Å². The zero-order valence-electron chi connectivity index (χ0n) is 13.8. The van der Waals surface area contributed by atoms with Gasteiger partial charge in [0.05, 0.1) is 24.9 Å². The lowest BCUT2D eigenvalue weighted by Gasteiger charge is -2.04. The summed E-state index contributed by atoms with van der Waals surface area (Å²) in [7, 11) is 0. The van der Waals surface area contributed by atoms with Gasteiger partial charge < -0.3 is 9.73 Å². The van der Waals surface area contributed by atoms with E-state index in [0.717, 1.165) is 4.88 Å². The van der Waals surface area contributed by atoms with Crippen LogP contribution in [0, 0.1) is 0 Å². The second-order valence-electron chi connectivity index (χ2n) is 5.74. The van der Waals surface area contributed by atoms with E-state index in [0.29, 0.717) is 23.5 Å². The third-order valence-corrected chi connectivity index (χ3v) is 4.87. The Morgan fingerprint density at radius 2 is 2.12 bits per heavy atom. The summed E-state index contributed by atoms with van der Waals surface area (Å²) in [5.74, 6) is 0.398. The number of carbonyl (C=O) groups is 1. The van der Waals surface area contributed by atoms with Gasteiger partial charge in [-0.15, -0.1) is 11.3 Å². The molecule has 4 heterocycles. The van der Waals surface area contributed by atoms with Gasteiger partial charge in [-0.3, -0.25) is 13.9 Å². The molecule has 0 bridgehead atoms. The molecule has 4 aromatic heterocycles. The van der Waals surface area contributed by atoms with Gasteiger partial charge >= 0.3 is 5.69 Å². The normalized spacial score (nSPS) is 11.1. The molecule has 0 spiro atoms. The minimum atomic E-state index is -0.262. The third kappa shape index (κ3) is 3.18. The van der Waals surface area contributed by atoms with Crippen molar-refractivity contribution in [2.75, 3.05) is 0 Å². The Labute approximate surface area is 152 Å². The molecular weight excluding hydrogens is 352 g/mol. The number of pyridine rings is 1. The summed E-state index contributed by atoms with van der Waals surface area (Å²) in [5.41, 5.74) is 0.965. The molecule has 7 nitrogen and oxygen atoms in total. The zero-order valence-corrected chi connectivity index (χ0v) is 14.6. The van der Waals surface area contributed by atoms with Gasteiger partial charge in [-0.05, 0) is 35.7 Å². The first-order chi connectivity index (χ1) is 12.7. The van der Waals surface area contributed by atoms with Crippen LogP contribution in [0.2, 0.25) is 0 Å². The predicted octanol–water partition coefficient (Wildman–Crippen LogP) is 2.22. The lowest BCUT2D eigenvalue weighted by Crippen LogP contribution is -2.32. The number of nitrogens with zero attached hydrogens (tertiary/aromatic N) is 3. The van der Waals surface area contributed by atoms with Crippen LogP contribution in [-0.2, 0) is 24.4 Å². The molecule has 0 fully saturated rings. The highest BCUT2D eigenvalue weighted by molar-refractivity contribution is 7.09. The number of nitrogens with one attached hydrogen (secondary N) is 1. The number of carbonyl (C=O) groups excluding carboxylic acids is 1. The molecule has 0 aromatic carbocycles. The van der Waals surface area contributed by atoms with Gasteiger partial charge in [0, 0.05) is 11.1 Å². The van der Waals surface area contributed by atoms with Crippen LogP contribution >= 0.6 is 11.3 Å². The average Bonchev–Trinajstić information content (AvgIpc) is 3.39. The Kier molecular flexibility index (Phi) is 4.40. The summed E-state index contributed by atoms with van der Waals surface area (Å²) in [6, 6.07) is 11.0. The minimum Gasteiger partial charge on any atom is -0.467 e. The van der Waals surface area contributed by atoms with Crippen LogP contribution in [0.5, 0.6) is 0 Å². The topological polar surface area (TPSA) is 82.1 Å². The van der Waals surface area contributed by atoms with Gasteiger partial charge in [-0.25, -0.2) is 9.78 Å². The van der Waals surface area contributed by atoms with E-state index in [1.807, 2.05) is 17.5 Å². The first-order valence-electron chi connectivity index (χ1n) is 8.08. The van der Waals surface area contributed by atoms with Crippen molar-refractivity contribution in [2.24, 2.45) is 0 Å². The van der Waals surface area contributed by atoms with Crippen LogP contribution < -0.4 is 11.0 Å². The number of rotatable bonds is 6. The SMILES string of the molecule is O=C(Cn1c(=O)n(Cc2cccs2)c2ncccc21)NCc1ccco1. The van der Waals surface area contributed by atoms with E-state index in [-0.39, 0.29) is 24.7 Å². The number of aromatic nitrogens is 3. The van der Waals surface area contributed by atoms with E-state index in [4.69, 9.17) is 4.42 Å².